The molecule has 0 aliphatic carbocycles. The second-order valence-corrected chi connectivity index (χ2v) is 0. The fourth-order valence-corrected chi connectivity index (χ4v) is 0. The molecule has 4 heavy (non-hydrogen) atoms. The first kappa shape index (κ1) is 19.6. The van der Waals surface area contributed by atoms with Gasteiger partial charge in [-0.2, -0.15) is 0 Å². The predicted molar refractivity (Wildman–Crippen MR) is 22.7 cm³/mol. The first-order chi connectivity index (χ1) is 1.00. The molecule has 0 aromatic heterocycles. The number of rotatable bonds is 0. The van der Waals surface area contributed by atoms with Gasteiger partial charge in [0.2, 0.25) is 0 Å². The first-order valence-electron chi connectivity index (χ1n) is 1.00. The summed E-state index contributed by atoms with van der Waals surface area (Å²) in [5, 5.41) is 0. The summed E-state index contributed by atoms with van der Waals surface area (Å²) >= 11 is 0. The van der Waals surface area contributed by atoms with Gasteiger partial charge >= 0.3 is 29.6 Å². The van der Waals surface area contributed by atoms with Crippen molar-refractivity contribution in [1.82, 2.24) is 0 Å². The smallest absolute Gasteiger partial charge is 0.0683 e. The fourth-order valence-electron chi connectivity index (χ4n) is 0. The molecule has 0 heterocycles. The van der Waals surface area contributed by atoms with E-state index >= 15 is 0 Å². The molecule has 0 nitrogen and oxygen atoms in total. The van der Waals surface area contributed by atoms with Crippen molar-refractivity contribution in [2.75, 3.05) is 0 Å². The van der Waals surface area contributed by atoms with Crippen LogP contribution in [0.1, 0.15) is 13.8 Å². The van der Waals surface area contributed by atoms with Gasteiger partial charge in [0.25, 0.3) is 0 Å². The van der Waals surface area contributed by atoms with Crippen LogP contribution in [-0.2, 0) is 0 Å². The average Bonchev–Trinajstić information content (AvgIpc) is 1.00. The summed E-state index contributed by atoms with van der Waals surface area (Å²) in [5.74, 6) is 0. The van der Waals surface area contributed by atoms with E-state index in [0.29, 0.717) is 0 Å². The molecular formula is C2H10BNa. The van der Waals surface area contributed by atoms with Crippen molar-refractivity contribution in [1.29, 1.82) is 0 Å². The quantitative estimate of drug-likeness (QED) is 0.259. The van der Waals surface area contributed by atoms with Gasteiger partial charge in [-0.25, -0.2) is 0 Å². The van der Waals surface area contributed by atoms with Crippen LogP contribution in [0, 0.1) is 0 Å². The van der Waals surface area contributed by atoms with Crippen LogP contribution in [-0.4, -0.2) is 8.41 Å². The van der Waals surface area contributed by atoms with Gasteiger partial charge < -0.3 is 0 Å². The molecule has 0 rings (SSSR count). The predicted octanol–water partition coefficient (Wildman–Crippen LogP) is -3.42. The SMILES string of the molecule is CC.[BH4-].[Na+]. The van der Waals surface area contributed by atoms with Gasteiger partial charge in [-0.3, -0.25) is 0 Å². The van der Waals surface area contributed by atoms with E-state index in [2.05, 4.69) is 0 Å². The van der Waals surface area contributed by atoms with Gasteiger partial charge in [0.1, 0.15) is 0 Å². The Kier molecular flexibility index (Phi) is 165. The average molecular weight is 67.9 g/mol. The van der Waals surface area contributed by atoms with Crippen molar-refractivity contribution in [3.05, 3.63) is 0 Å². The summed E-state index contributed by atoms with van der Waals surface area (Å²) in [4.78, 5) is 0. The summed E-state index contributed by atoms with van der Waals surface area (Å²) in [6.07, 6.45) is 0. The third-order valence-corrected chi connectivity index (χ3v) is 0. The Morgan fingerprint density at radius 1 is 1.00 bits per heavy atom. The molecule has 0 saturated carbocycles. The maximum Gasteiger partial charge on any atom is 1.00 e. The Morgan fingerprint density at radius 2 is 1.00 bits per heavy atom. The van der Waals surface area contributed by atoms with Crippen LogP contribution in [0.2, 0.25) is 0 Å². The van der Waals surface area contributed by atoms with Crippen LogP contribution >= 0.6 is 0 Å². The van der Waals surface area contributed by atoms with E-state index in [0.717, 1.165) is 0 Å². The van der Waals surface area contributed by atoms with Crippen molar-refractivity contribution < 1.29 is 29.6 Å². The zero-order valence-corrected chi connectivity index (χ0v) is 5.00. The Morgan fingerprint density at radius 3 is 1.00 bits per heavy atom. The van der Waals surface area contributed by atoms with Crippen LogP contribution in [0.4, 0.5) is 0 Å². The summed E-state index contributed by atoms with van der Waals surface area (Å²) < 4.78 is 0. The molecule has 0 aromatic carbocycles. The largest absolute Gasteiger partial charge is 1.00 e. The molecule has 0 saturated heterocycles. The van der Waals surface area contributed by atoms with Gasteiger partial charge in [0.05, 0.1) is 0 Å². The van der Waals surface area contributed by atoms with Crippen LogP contribution < -0.4 is 29.6 Å². The van der Waals surface area contributed by atoms with E-state index in [9.17, 15) is 0 Å². The molecule has 0 unspecified atom stereocenters. The van der Waals surface area contributed by atoms with E-state index in [1.165, 1.54) is 0 Å². The third kappa shape index (κ3) is 11.5. The second kappa shape index (κ2) is 33.7. The number of hydrogen-bond acceptors (Lipinski definition) is 0. The molecule has 0 N–H and O–H groups in total. The molecular weight excluding hydrogens is 57.8 g/mol. The minimum absolute atomic E-state index is 0. The molecule has 0 atom stereocenters. The second-order valence-electron chi connectivity index (χ2n) is 0. The summed E-state index contributed by atoms with van der Waals surface area (Å²) in [5.41, 5.74) is 0. The van der Waals surface area contributed by atoms with E-state index < -0.39 is 0 Å². The molecule has 0 aromatic rings. The van der Waals surface area contributed by atoms with Crippen molar-refractivity contribution in [2.45, 2.75) is 13.8 Å². The van der Waals surface area contributed by atoms with Crippen molar-refractivity contribution in [3.8, 4) is 0 Å². The van der Waals surface area contributed by atoms with E-state index in [1.807, 2.05) is 13.8 Å². The van der Waals surface area contributed by atoms with Crippen LogP contribution in [0.25, 0.3) is 0 Å². The summed E-state index contributed by atoms with van der Waals surface area (Å²) in [6, 6.07) is 0. The Hall–Kier alpha value is 1.06. The Bertz CT molecular complexity index is 6.00. The minimum Gasteiger partial charge on any atom is -0.0683 e. The third-order valence-electron chi connectivity index (χ3n) is 0. The van der Waals surface area contributed by atoms with Gasteiger partial charge in [-0.1, -0.05) is 22.3 Å². The van der Waals surface area contributed by atoms with Crippen molar-refractivity contribution in [3.63, 3.8) is 0 Å². The fraction of sp³-hybridized carbons (Fsp3) is 1.00. The zero-order chi connectivity index (χ0) is 2.00. The van der Waals surface area contributed by atoms with Crippen LogP contribution in [0.5, 0.6) is 0 Å². The molecule has 22 valence electrons. The molecule has 0 amide bonds. The summed E-state index contributed by atoms with van der Waals surface area (Å²) in [7, 11) is 0. The van der Waals surface area contributed by atoms with Crippen LogP contribution in [0.15, 0.2) is 0 Å². The van der Waals surface area contributed by atoms with Crippen molar-refractivity contribution >= 4 is 8.41 Å². The minimum atomic E-state index is 0. The molecule has 2 heteroatoms. The van der Waals surface area contributed by atoms with E-state index in [1.54, 1.807) is 0 Å². The molecule has 0 aliphatic rings. The van der Waals surface area contributed by atoms with Crippen molar-refractivity contribution in [2.24, 2.45) is 0 Å². The normalized spacial score (nSPS) is 1.50. The van der Waals surface area contributed by atoms with Gasteiger partial charge in [0.15, 0.2) is 0 Å². The number of hydrogen-bond donors (Lipinski definition) is 0. The van der Waals surface area contributed by atoms with E-state index in [-0.39, 0.29) is 38.0 Å². The zero-order valence-electron chi connectivity index (χ0n) is 3.00. The molecule has 0 aliphatic heterocycles. The van der Waals surface area contributed by atoms with Gasteiger partial charge in [0, 0.05) is 0 Å². The summed E-state index contributed by atoms with van der Waals surface area (Å²) in [6.45, 7) is 4.00. The van der Waals surface area contributed by atoms with Gasteiger partial charge in [-0.15, -0.1) is 0 Å². The topological polar surface area (TPSA) is 0 Å². The standard InChI is InChI=1S/C2H6.BH4.Na/c1-2;;/h1-2H3;1H4;/q;-1;+1. The Labute approximate surface area is 51.8 Å². The van der Waals surface area contributed by atoms with Gasteiger partial charge in [-0.05, 0) is 0 Å². The van der Waals surface area contributed by atoms with E-state index in [4.69, 9.17) is 0 Å². The molecule has 0 fully saturated rings. The maximum absolute atomic E-state index is 2.00. The molecule has 0 spiro atoms. The van der Waals surface area contributed by atoms with Crippen LogP contribution in [0.3, 0.4) is 0 Å². The molecule has 0 bridgehead atoms. The molecule has 0 radical (unpaired) electrons. The first-order valence-corrected chi connectivity index (χ1v) is 1.00. The maximum atomic E-state index is 2.00. The Balaban J connectivity index is -0.00000000500. The monoisotopic (exact) mass is 68.1 g/mol.